The van der Waals surface area contributed by atoms with Crippen molar-refractivity contribution in [3.8, 4) is 0 Å². The molecule has 0 saturated heterocycles. The molecule has 0 nitrogen and oxygen atoms in total. The van der Waals surface area contributed by atoms with Crippen molar-refractivity contribution in [3.63, 3.8) is 0 Å². The first-order valence-corrected chi connectivity index (χ1v) is 6.37. The highest BCUT2D eigenvalue weighted by atomic mass is 79.9. The third-order valence-electron chi connectivity index (χ3n) is 2.03. The molecule has 1 heteroatoms. The molecule has 0 saturated carbocycles. The predicted octanol–water partition coefficient (Wildman–Crippen LogP) is 4.85. The van der Waals surface area contributed by atoms with Crippen molar-refractivity contribution in [1.82, 2.24) is 0 Å². The number of allylic oxidation sites excluding steroid dienone is 3. The first kappa shape index (κ1) is 13.0. The molecule has 0 aromatic carbocycles. The summed E-state index contributed by atoms with van der Waals surface area (Å²) in [6.07, 6.45) is 15.5. The first-order chi connectivity index (χ1) is 6.41. The lowest BCUT2D eigenvalue weighted by molar-refractivity contribution is 0.614. The molecule has 0 N–H and O–H groups in total. The maximum absolute atomic E-state index is 3.64. The molecule has 0 fully saturated rings. The molecule has 0 amide bonds. The van der Waals surface area contributed by atoms with E-state index in [0.717, 1.165) is 5.33 Å². The van der Waals surface area contributed by atoms with Gasteiger partial charge in [-0.25, -0.2) is 0 Å². The second kappa shape index (κ2) is 12.0. The van der Waals surface area contributed by atoms with Crippen molar-refractivity contribution >= 4 is 15.9 Å². The van der Waals surface area contributed by atoms with Gasteiger partial charge in [0.2, 0.25) is 0 Å². The fourth-order valence-corrected chi connectivity index (χ4v) is 1.65. The molecule has 13 heavy (non-hydrogen) atoms. The van der Waals surface area contributed by atoms with Gasteiger partial charge in [-0.15, -0.1) is 0 Å². The van der Waals surface area contributed by atoms with Crippen LogP contribution >= 0.6 is 15.9 Å². The summed E-state index contributed by atoms with van der Waals surface area (Å²) in [5, 5.41) is 1.16. The minimum absolute atomic E-state index is 1.16. The van der Waals surface area contributed by atoms with E-state index >= 15 is 0 Å². The maximum atomic E-state index is 3.64. The van der Waals surface area contributed by atoms with Crippen molar-refractivity contribution in [2.45, 2.75) is 44.9 Å². The Morgan fingerprint density at radius 2 is 1.54 bits per heavy atom. The van der Waals surface area contributed by atoms with E-state index in [1.54, 1.807) is 0 Å². The van der Waals surface area contributed by atoms with Crippen LogP contribution in [0.2, 0.25) is 0 Å². The van der Waals surface area contributed by atoms with Crippen LogP contribution < -0.4 is 0 Å². The number of halogens is 1. The molecule has 0 aliphatic heterocycles. The Kier molecular flexibility index (Phi) is 11.9. The molecule has 0 unspecified atom stereocenters. The van der Waals surface area contributed by atoms with E-state index in [-0.39, 0.29) is 0 Å². The van der Waals surface area contributed by atoms with Crippen molar-refractivity contribution in [2.75, 3.05) is 5.33 Å². The van der Waals surface area contributed by atoms with Crippen LogP contribution in [0.5, 0.6) is 0 Å². The summed E-state index contributed by atoms with van der Waals surface area (Å²) in [4.78, 5) is 0. The average molecular weight is 245 g/mol. The van der Waals surface area contributed by atoms with Gasteiger partial charge >= 0.3 is 0 Å². The predicted molar refractivity (Wildman–Crippen MR) is 65.5 cm³/mol. The lowest BCUT2D eigenvalue weighted by Crippen LogP contribution is -1.79. The van der Waals surface area contributed by atoms with E-state index in [1.165, 1.54) is 44.9 Å². The molecule has 0 aliphatic rings. The molecule has 0 radical (unpaired) electrons. The lowest BCUT2D eigenvalue weighted by Gasteiger charge is -1.98. The third kappa shape index (κ3) is 12.0. The van der Waals surface area contributed by atoms with Crippen LogP contribution in [0, 0.1) is 0 Å². The van der Waals surface area contributed by atoms with E-state index in [2.05, 4.69) is 28.6 Å². The van der Waals surface area contributed by atoms with Crippen LogP contribution in [0.1, 0.15) is 44.9 Å². The van der Waals surface area contributed by atoms with Crippen molar-refractivity contribution in [3.05, 3.63) is 24.8 Å². The number of unbranched alkanes of at least 4 members (excludes halogenated alkanes) is 6. The molecule has 0 aromatic rings. The summed E-state index contributed by atoms with van der Waals surface area (Å²) in [6, 6.07) is 0. The van der Waals surface area contributed by atoms with E-state index < -0.39 is 0 Å². The number of rotatable bonds is 9. The molecule has 0 aromatic heterocycles. The summed E-state index contributed by atoms with van der Waals surface area (Å²) in [5.74, 6) is 0. The Balaban J connectivity index is 2.91. The zero-order chi connectivity index (χ0) is 9.78. The van der Waals surface area contributed by atoms with Gasteiger partial charge in [-0.2, -0.15) is 0 Å². The molecule has 0 spiro atoms. The largest absolute Gasteiger partial charge is 0.0991 e. The summed E-state index contributed by atoms with van der Waals surface area (Å²) >= 11 is 3.44. The fraction of sp³-hybridized carbons (Fsp3) is 0.667. The topological polar surface area (TPSA) is 0 Å². The monoisotopic (exact) mass is 244 g/mol. The Morgan fingerprint density at radius 3 is 2.15 bits per heavy atom. The second-order valence-corrected chi connectivity index (χ2v) is 4.06. The highest BCUT2D eigenvalue weighted by Gasteiger charge is 1.88. The molecular formula is C12H21Br. The maximum Gasteiger partial charge on any atom is 0.00313 e. The Hall–Kier alpha value is -0.0400. The zero-order valence-electron chi connectivity index (χ0n) is 8.47. The normalized spacial score (nSPS) is 10.8. The van der Waals surface area contributed by atoms with Gasteiger partial charge in [-0.05, 0) is 19.3 Å². The van der Waals surface area contributed by atoms with Crippen LogP contribution in [0.15, 0.2) is 24.8 Å². The van der Waals surface area contributed by atoms with Crippen LogP contribution in [0.25, 0.3) is 0 Å². The first-order valence-electron chi connectivity index (χ1n) is 5.25. The van der Waals surface area contributed by atoms with Crippen LogP contribution in [-0.4, -0.2) is 5.33 Å². The van der Waals surface area contributed by atoms with Crippen LogP contribution in [0.3, 0.4) is 0 Å². The van der Waals surface area contributed by atoms with Crippen molar-refractivity contribution in [1.29, 1.82) is 0 Å². The molecule has 0 bridgehead atoms. The zero-order valence-corrected chi connectivity index (χ0v) is 10.1. The van der Waals surface area contributed by atoms with Crippen LogP contribution in [0.4, 0.5) is 0 Å². The number of alkyl halides is 1. The smallest absolute Gasteiger partial charge is 0.00313 e. The van der Waals surface area contributed by atoms with Crippen LogP contribution in [-0.2, 0) is 0 Å². The second-order valence-electron chi connectivity index (χ2n) is 3.26. The lowest BCUT2D eigenvalue weighted by atomic mass is 10.1. The van der Waals surface area contributed by atoms with Gasteiger partial charge in [0.05, 0.1) is 0 Å². The average Bonchev–Trinajstić information content (AvgIpc) is 2.16. The van der Waals surface area contributed by atoms with E-state index in [9.17, 15) is 0 Å². The van der Waals surface area contributed by atoms with Gasteiger partial charge in [0.25, 0.3) is 0 Å². The summed E-state index contributed by atoms with van der Waals surface area (Å²) in [6.45, 7) is 3.64. The SMILES string of the molecule is C=C/C=C/CCCCCCCCBr. The number of hydrogen-bond donors (Lipinski definition) is 0. The highest BCUT2D eigenvalue weighted by Crippen LogP contribution is 2.08. The van der Waals surface area contributed by atoms with E-state index in [4.69, 9.17) is 0 Å². The van der Waals surface area contributed by atoms with E-state index in [0.29, 0.717) is 0 Å². The van der Waals surface area contributed by atoms with Gasteiger partial charge in [0.1, 0.15) is 0 Å². The molecule has 0 aliphatic carbocycles. The Bertz CT molecular complexity index is 127. The minimum atomic E-state index is 1.16. The summed E-state index contributed by atoms with van der Waals surface area (Å²) in [5.41, 5.74) is 0. The van der Waals surface area contributed by atoms with Gasteiger partial charge in [0.15, 0.2) is 0 Å². The Morgan fingerprint density at radius 1 is 0.923 bits per heavy atom. The molecule has 0 heterocycles. The molecular weight excluding hydrogens is 224 g/mol. The van der Waals surface area contributed by atoms with E-state index in [1.807, 2.05) is 12.2 Å². The van der Waals surface area contributed by atoms with Gasteiger partial charge in [-0.3, -0.25) is 0 Å². The number of hydrogen-bond acceptors (Lipinski definition) is 0. The quantitative estimate of drug-likeness (QED) is 0.309. The molecule has 0 rings (SSSR count). The van der Waals surface area contributed by atoms with Crippen molar-refractivity contribution < 1.29 is 0 Å². The van der Waals surface area contributed by atoms with Gasteiger partial charge in [0, 0.05) is 5.33 Å². The third-order valence-corrected chi connectivity index (χ3v) is 2.59. The fourth-order valence-electron chi connectivity index (χ4n) is 1.26. The van der Waals surface area contributed by atoms with Gasteiger partial charge in [-0.1, -0.05) is 66.4 Å². The summed E-state index contributed by atoms with van der Waals surface area (Å²) in [7, 11) is 0. The standard InChI is InChI=1S/C12H21Br/c1-2-3-4-5-6-7-8-9-10-11-12-13/h2-4H,1,5-12H2/b4-3+. The highest BCUT2D eigenvalue weighted by molar-refractivity contribution is 9.09. The van der Waals surface area contributed by atoms with Gasteiger partial charge < -0.3 is 0 Å². The summed E-state index contributed by atoms with van der Waals surface area (Å²) < 4.78 is 0. The van der Waals surface area contributed by atoms with Crippen molar-refractivity contribution in [2.24, 2.45) is 0 Å². The Labute approximate surface area is 91.2 Å². The molecule has 0 atom stereocenters. The molecule has 76 valence electrons. The minimum Gasteiger partial charge on any atom is -0.0991 e.